The molecule has 3 heteroatoms. The minimum Gasteiger partial charge on any atom is -0.371 e. The van der Waals surface area contributed by atoms with Gasteiger partial charge < -0.3 is 4.90 Å². The van der Waals surface area contributed by atoms with Gasteiger partial charge >= 0.3 is 0 Å². The van der Waals surface area contributed by atoms with Gasteiger partial charge in [-0.1, -0.05) is 41.3 Å². The van der Waals surface area contributed by atoms with E-state index < -0.39 is 0 Å². The van der Waals surface area contributed by atoms with Gasteiger partial charge in [-0.15, -0.1) is 0 Å². The molecule has 0 atom stereocenters. The lowest BCUT2D eigenvalue weighted by molar-refractivity contribution is 0.229. The number of benzene rings is 1. The molecule has 0 radical (unpaired) electrons. The van der Waals surface area contributed by atoms with Crippen LogP contribution in [0.4, 0.5) is 10.1 Å². The number of rotatable bonds is 5. The molecule has 106 valence electrons. The molecule has 2 rings (SSSR count). The Bertz CT molecular complexity index is 401. The van der Waals surface area contributed by atoms with Crippen LogP contribution in [0, 0.1) is 11.2 Å². The van der Waals surface area contributed by atoms with Crippen LogP contribution >= 0.6 is 15.9 Å². The lowest BCUT2D eigenvalue weighted by Gasteiger charge is -2.40. The molecule has 0 N–H and O–H groups in total. The van der Waals surface area contributed by atoms with Crippen molar-refractivity contribution in [1.29, 1.82) is 0 Å². The molecular weight excluding hydrogens is 305 g/mol. The third-order valence-electron chi connectivity index (χ3n) is 4.28. The monoisotopic (exact) mass is 327 g/mol. The van der Waals surface area contributed by atoms with E-state index in [9.17, 15) is 4.39 Å². The van der Waals surface area contributed by atoms with Crippen LogP contribution in [0.5, 0.6) is 0 Å². The molecule has 1 aliphatic carbocycles. The van der Waals surface area contributed by atoms with Gasteiger partial charge in [0.05, 0.1) is 0 Å². The summed E-state index contributed by atoms with van der Waals surface area (Å²) in [5.74, 6) is -0.146. The predicted octanol–water partition coefficient (Wildman–Crippen LogP) is 5.00. The first-order valence-electron chi connectivity index (χ1n) is 7.25. The fraction of sp³-hybridized carbons (Fsp3) is 0.625. The van der Waals surface area contributed by atoms with Crippen LogP contribution in [0.1, 0.15) is 39.0 Å². The molecule has 0 spiro atoms. The van der Waals surface area contributed by atoms with Gasteiger partial charge in [0, 0.05) is 24.1 Å². The molecule has 1 nitrogen and oxygen atoms in total. The number of hydrogen-bond donors (Lipinski definition) is 0. The number of hydrogen-bond acceptors (Lipinski definition) is 1. The van der Waals surface area contributed by atoms with E-state index in [0.29, 0.717) is 5.41 Å². The zero-order chi connectivity index (χ0) is 13.7. The summed E-state index contributed by atoms with van der Waals surface area (Å²) in [5, 5.41) is 1.05. The fourth-order valence-corrected chi connectivity index (χ4v) is 3.84. The summed E-state index contributed by atoms with van der Waals surface area (Å²) >= 11 is 3.71. The van der Waals surface area contributed by atoms with E-state index in [2.05, 4.69) is 27.8 Å². The minimum atomic E-state index is -0.146. The van der Waals surface area contributed by atoms with Gasteiger partial charge in [-0.2, -0.15) is 0 Å². The molecular formula is C16H23BrFN. The maximum Gasteiger partial charge on any atom is 0.125 e. The summed E-state index contributed by atoms with van der Waals surface area (Å²) < 4.78 is 13.4. The van der Waals surface area contributed by atoms with Crippen LogP contribution in [0.2, 0.25) is 0 Å². The van der Waals surface area contributed by atoms with Crippen molar-refractivity contribution in [3.8, 4) is 0 Å². The van der Waals surface area contributed by atoms with Gasteiger partial charge in [-0.3, -0.25) is 0 Å². The zero-order valence-corrected chi connectivity index (χ0v) is 13.3. The molecule has 0 bridgehead atoms. The molecule has 0 saturated heterocycles. The summed E-state index contributed by atoms with van der Waals surface area (Å²) in [6.07, 6.45) is 6.58. The summed E-state index contributed by atoms with van der Waals surface area (Å²) in [6, 6.07) is 6.97. The van der Waals surface area contributed by atoms with Crippen LogP contribution in [-0.2, 0) is 0 Å². The molecule has 0 aliphatic heterocycles. The largest absolute Gasteiger partial charge is 0.371 e. The molecule has 0 unspecified atom stereocenters. The van der Waals surface area contributed by atoms with Gasteiger partial charge in [-0.25, -0.2) is 4.39 Å². The predicted molar refractivity (Wildman–Crippen MR) is 83.6 cm³/mol. The quantitative estimate of drug-likeness (QED) is 0.688. The molecule has 19 heavy (non-hydrogen) atoms. The van der Waals surface area contributed by atoms with Crippen molar-refractivity contribution in [2.24, 2.45) is 5.41 Å². The van der Waals surface area contributed by atoms with Gasteiger partial charge in [0.15, 0.2) is 0 Å². The van der Waals surface area contributed by atoms with Crippen molar-refractivity contribution in [2.45, 2.75) is 39.0 Å². The molecule has 1 saturated carbocycles. The molecule has 0 heterocycles. The summed E-state index contributed by atoms with van der Waals surface area (Å²) in [6.45, 7) is 4.10. The second kappa shape index (κ2) is 6.74. The van der Waals surface area contributed by atoms with E-state index in [4.69, 9.17) is 0 Å². The van der Waals surface area contributed by atoms with E-state index >= 15 is 0 Å². The van der Waals surface area contributed by atoms with E-state index in [1.54, 1.807) is 12.1 Å². The van der Waals surface area contributed by atoms with Crippen LogP contribution in [0.15, 0.2) is 24.3 Å². The number of halogens is 2. The van der Waals surface area contributed by atoms with E-state index in [-0.39, 0.29) is 5.82 Å². The van der Waals surface area contributed by atoms with Gasteiger partial charge in [0.25, 0.3) is 0 Å². The average Bonchev–Trinajstić information content (AvgIpc) is 2.46. The van der Waals surface area contributed by atoms with Crippen molar-refractivity contribution >= 4 is 21.6 Å². The second-order valence-electron chi connectivity index (χ2n) is 5.69. The van der Waals surface area contributed by atoms with Crippen molar-refractivity contribution in [3.63, 3.8) is 0 Å². The minimum absolute atomic E-state index is 0.146. The molecule has 1 aromatic carbocycles. The Labute approximate surface area is 124 Å². The van der Waals surface area contributed by atoms with Gasteiger partial charge in [0.1, 0.15) is 5.82 Å². The Kier molecular flexibility index (Phi) is 5.26. The van der Waals surface area contributed by atoms with Crippen LogP contribution in [0.25, 0.3) is 0 Å². The van der Waals surface area contributed by atoms with Gasteiger partial charge in [0.2, 0.25) is 0 Å². The number of alkyl halides is 1. The lowest BCUT2D eigenvalue weighted by Crippen LogP contribution is -2.40. The average molecular weight is 328 g/mol. The maximum absolute atomic E-state index is 13.4. The SMILES string of the molecule is CCN(CC1(CBr)CCCCC1)c1cccc(F)c1. The first kappa shape index (κ1) is 14.8. The van der Waals surface area contributed by atoms with E-state index in [1.165, 1.54) is 38.2 Å². The highest BCUT2D eigenvalue weighted by molar-refractivity contribution is 9.09. The summed E-state index contributed by atoms with van der Waals surface area (Å²) in [7, 11) is 0. The third-order valence-corrected chi connectivity index (χ3v) is 5.47. The highest BCUT2D eigenvalue weighted by Crippen LogP contribution is 2.39. The van der Waals surface area contributed by atoms with Crippen molar-refractivity contribution in [3.05, 3.63) is 30.1 Å². The highest BCUT2D eigenvalue weighted by Gasteiger charge is 2.32. The molecule has 1 fully saturated rings. The van der Waals surface area contributed by atoms with Crippen molar-refractivity contribution < 1.29 is 4.39 Å². The van der Waals surface area contributed by atoms with E-state index in [1.807, 2.05) is 6.07 Å². The Morgan fingerprint density at radius 3 is 2.58 bits per heavy atom. The molecule has 0 aromatic heterocycles. The fourth-order valence-electron chi connectivity index (χ4n) is 3.10. The van der Waals surface area contributed by atoms with Crippen LogP contribution in [0.3, 0.4) is 0 Å². The first-order chi connectivity index (χ1) is 9.19. The molecule has 1 aromatic rings. The Morgan fingerprint density at radius 2 is 2.00 bits per heavy atom. The smallest absolute Gasteiger partial charge is 0.125 e. The Balaban J connectivity index is 2.13. The van der Waals surface area contributed by atoms with Crippen molar-refractivity contribution in [2.75, 3.05) is 23.3 Å². The topological polar surface area (TPSA) is 3.24 Å². The Hall–Kier alpha value is -0.570. The number of nitrogens with zero attached hydrogens (tertiary/aromatic N) is 1. The standard InChI is InChI=1S/C16H23BrFN/c1-2-19(15-8-6-7-14(18)11-15)13-16(12-17)9-4-3-5-10-16/h6-8,11H,2-5,9-10,12-13H2,1H3. The second-order valence-corrected chi connectivity index (χ2v) is 6.25. The highest BCUT2D eigenvalue weighted by atomic mass is 79.9. The molecule has 0 amide bonds. The maximum atomic E-state index is 13.4. The number of anilines is 1. The summed E-state index contributed by atoms with van der Waals surface area (Å²) in [4.78, 5) is 2.32. The first-order valence-corrected chi connectivity index (χ1v) is 8.38. The van der Waals surface area contributed by atoms with Crippen molar-refractivity contribution in [1.82, 2.24) is 0 Å². The van der Waals surface area contributed by atoms with Crippen LogP contribution < -0.4 is 4.90 Å². The zero-order valence-electron chi connectivity index (χ0n) is 11.7. The van der Waals surface area contributed by atoms with E-state index in [0.717, 1.165) is 24.1 Å². The van der Waals surface area contributed by atoms with Crippen LogP contribution in [-0.4, -0.2) is 18.4 Å². The third kappa shape index (κ3) is 3.71. The molecule has 1 aliphatic rings. The summed E-state index contributed by atoms with van der Waals surface area (Å²) in [5.41, 5.74) is 1.37. The lowest BCUT2D eigenvalue weighted by atomic mass is 9.75. The Morgan fingerprint density at radius 1 is 1.26 bits per heavy atom. The van der Waals surface area contributed by atoms with Gasteiger partial charge in [-0.05, 0) is 43.4 Å². The normalized spacial score (nSPS) is 18.3.